The van der Waals surface area contributed by atoms with Gasteiger partial charge in [-0.25, -0.2) is 4.79 Å². The quantitative estimate of drug-likeness (QED) is 0.787. The van der Waals surface area contributed by atoms with Gasteiger partial charge in [0.05, 0.1) is 22.3 Å². The van der Waals surface area contributed by atoms with E-state index in [0.717, 1.165) is 0 Å². The highest BCUT2D eigenvalue weighted by molar-refractivity contribution is 6.37. The molecule has 5 nitrogen and oxygen atoms in total. The second kappa shape index (κ2) is 5.35. The van der Waals surface area contributed by atoms with Gasteiger partial charge in [0.1, 0.15) is 0 Å². The fourth-order valence-electron chi connectivity index (χ4n) is 1.11. The first-order valence-electron chi connectivity index (χ1n) is 4.61. The third kappa shape index (κ3) is 3.33. The maximum absolute atomic E-state index is 11.4. The Bertz CT molecular complexity index is 475. The molecule has 1 amide bonds. The molecule has 0 fully saturated rings. The number of rotatable bonds is 3. The van der Waals surface area contributed by atoms with Crippen LogP contribution in [-0.2, 0) is 4.79 Å². The van der Waals surface area contributed by atoms with Crippen LogP contribution in [0.4, 0.5) is 5.69 Å². The molecule has 1 aromatic carbocycles. The van der Waals surface area contributed by atoms with Gasteiger partial charge >= 0.3 is 5.97 Å². The lowest BCUT2D eigenvalue weighted by atomic mass is 10.1. The summed E-state index contributed by atoms with van der Waals surface area (Å²) in [7, 11) is 0. The van der Waals surface area contributed by atoms with Crippen LogP contribution in [-0.4, -0.2) is 23.0 Å². The Hall–Kier alpha value is -1.30. The van der Waals surface area contributed by atoms with Crippen molar-refractivity contribution in [2.24, 2.45) is 5.73 Å². The van der Waals surface area contributed by atoms with Crippen LogP contribution in [0, 0.1) is 0 Å². The molecule has 0 saturated carbocycles. The van der Waals surface area contributed by atoms with Crippen molar-refractivity contribution in [3.63, 3.8) is 0 Å². The molecule has 0 bridgehead atoms. The molecule has 0 aliphatic carbocycles. The number of nitrogens with two attached hydrogens (primary N) is 1. The van der Waals surface area contributed by atoms with E-state index < -0.39 is 17.9 Å². The smallest absolute Gasteiger partial charge is 0.337 e. The number of carbonyl (C=O) groups is 2. The molecule has 92 valence electrons. The van der Waals surface area contributed by atoms with E-state index >= 15 is 0 Å². The Labute approximate surface area is 108 Å². The summed E-state index contributed by atoms with van der Waals surface area (Å²) in [5, 5.41) is 11.5. The molecule has 0 saturated heterocycles. The molecule has 0 aromatic heterocycles. The van der Waals surface area contributed by atoms with Crippen molar-refractivity contribution in [2.45, 2.75) is 13.0 Å². The van der Waals surface area contributed by atoms with Gasteiger partial charge in [0.15, 0.2) is 0 Å². The van der Waals surface area contributed by atoms with E-state index in [2.05, 4.69) is 5.32 Å². The fraction of sp³-hybridized carbons (Fsp3) is 0.200. The molecule has 0 spiro atoms. The van der Waals surface area contributed by atoms with Crippen molar-refractivity contribution in [1.82, 2.24) is 0 Å². The fourth-order valence-corrected chi connectivity index (χ4v) is 1.65. The number of nitrogens with one attached hydrogen (secondary N) is 1. The molecule has 0 heterocycles. The number of carboxylic acids is 1. The molecule has 0 aliphatic heterocycles. The highest BCUT2D eigenvalue weighted by atomic mass is 35.5. The van der Waals surface area contributed by atoms with Crippen LogP contribution in [0.15, 0.2) is 12.1 Å². The van der Waals surface area contributed by atoms with E-state index in [-0.39, 0.29) is 21.3 Å². The van der Waals surface area contributed by atoms with E-state index in [9.17, 15) is 9.59 Å². The summed E-state index contributed by atoms with van der Waals surface area (Å²) in [6.07, 6.45) is 0. The van der Waals surface area contributed by atoms with Crippen molar-refractivity contribution in [2.75, 3.05) is 5.32 Å². The molecule has 0 radical (unpaired) electrons. The van der Waals surface area contributed by atoms with Crippen LogP contribution in [0.3, 0.4) is 0 Å². The van der Waals surface area contributed by atoms with E-state index in [1.54, 1.807) is 0 Å². The second-order valence-electron chi connectivity index (χ2n) is 3.39. The zero-order chi connectivity index (χ0) is 13.2. The van der Waals surface area contributed by atoms with Gasteiger partial charge in [0.25, 0.3) is 0 Å². The topological polar surface area (TPSA) is 92.4 Å². The molecule has 0 aliphatic rings. The van der Waals surface area contributed by atoms with Gasteiger partial charge in [0.2, 0.25) is 5.91 Å². The van der Waals surface area contributed by atoms with E-state index in [4.69, 9.17) is 34.0 Å². The van der Waals surface area contributed by atoms with Crippen molar-refractivity contribution in [1.29, 1.82) is 0 Å². The summed E-state index contributed by atoms with van der Waals surface area (Å²) >= 11 is 11.5. The highest BCUT2D eigenvalue weighted by Crippen LogP contribution is 2.30. The van der Waals surface area contributed by atoms with Gasteiger partial charge < -0.3 is 16.2 Å². The van der Waals surface area contributed by atoms with Crippen molar-refractivity contribution >= 4 is 40.8 Å². The van der Waals surface area contributed by atoms with Gasteiger partial charge in [-0.05, 0) is 19.1 Å². The number of anilines is 1. The van der Waals surface area contributed by atoms with Crippen molar-refractivity contribution < 1.29 is 14.7 Å². The Morgan fingerprint density at radius 1 is 1.41 bits per heavy atom. The molecule has 1 atom stereocenters. The Morgan fingerprint density at radius 2 is 2.00 bits per heavy atom. The monoisotopic (exact) mass is 276 g/mol. The van der Waals surface area contributed by atoms with Crippen LogP contribution in [0.2, 0.25) is 10.0 Å². The van der Waals surface area contributed by atoms with Gasteiger partial charge in [-0.1, -0.05) is 23.2 Å². The Morgan fingerprint density at radius 3 is 2.47 bits per heavy atom. The second-order valence-corrected chi connectivity index (χ2v) is 4.24. The number of hydrogen-bond donors (Lipinski definition) is 3. The third-order valence-corrected chi connectivity index (χ3v) is 2.46. The maximum Gasteiger partial charge on any atom is 0.337 e. The van der Waals surface area contributed by atoms with Crippen molar-refractivity contribution in [3.8, 4) is 0 Å². The minimum atomic E-state index is -1.24. The van der Waals surface area contributed by atoms with Crippen LogP contribution < -0.4 is 11.1 Å². The number of aromatic carboxylic acids is 1. The highest BCUT2D eigenvalue weighted by Gasteiger charge is 2.18. The lowest BCUT2D eigenvalue weighted by Gasteiger charge is -2.12. The van der Waals surface area contributed by atoms with Gasteiger partial charge in [-0.2, -0.15) is 0 Å². The lowest BCUT2D eigenvalue weighted by molar-refractivity contribution is -0.117. The normalized spacial score (nSPS) is 12.0. The summed E-state index contributed by atoms with van der Waals surface area (Å²) in [6, 6.07) is 1.77. The van der Waals surface area contributed by atoms with Crippen LogP contribution >= 0.6 is 23.2 Å². The first kappa shape index (κ1) is 13.8. The number of benzene rings is 1. The van der Waals surface area contributed by atoms with Gasteiger partial charge in [-0.15, -0.1) is 0 Å². The molecule has 1 aromatic rings. The molecule has 7 heteroatoms. The summed E-state index contributed by atoms with van der Waals surface area (Å²) < 4.78 is 0. The summed E-state index contributed by atoms with van der Waals surface area (Å²) in [5.41, 5.74) is 5.17. The molecular weight excluding hydrogens is 267 g/mol. The summed E-state index contributed by atoms with van der Waals surface area (Å²) in [5.74, 6) is -1.77. The van der Waals surface area contributed by atoms with Crippen LogP contribution in [0.5, 0.6) is 0 Å². The minimum Gasteiger partial charge on any atom is -0.478 e. The largest absolute Gasteiger partial charge is 0.478 e. The number of carbonyl (C=O) groups excluding carboxylic acids is 1. The molecule has 4 N–H and O–H groups in total. The van der Waals surface area contributed by atoms with Gasteiger partial charge in [-0.3, -0.25) is 4.79 Å². The predicted molar refractivity (Wildman–Crippen MR) is 65.7 cm³/mol. The first-order valence-corrected chi connectivity index (χ1v) is 5.37. The Kier molecular flexibility index (Phi) is 4.34. The van der Waals surface area contributed by atoms with Crippen LogP contribution in [0.25, 0.3) is 0 Å². The third-order valence-electron chi connectivity index (χ3n) is 1.95. The standard InChI is InChI=1S/C10H10Cl2N2O3/c1-4(13)9(15)14-8-6(10(16)17)2-5(11)3-7(8)12/h2-4H,13H2,1H3,(H,14,15)(H,16,17). The predicted octanol–water partition coefficient (Wildman–Crippen LogP) is 1.98. The molecule has 17 heavy (non-hydrogen) atoms. The van der Waals surface area contributed by atoms with E-state index in [0.29, 0.717) is 0 Å². The maximum atomic E-state index is 11.4. The van der Waals surface area contributed by atoms with E-state index in [1.807, 2.05) is 0 Å². The van der Waals surface area contributed by atoms with Crippen LogP contribution in [0.1, 0.15) is 17.3 Å². The lowest BCUT2D eigenvalue weighted by Crippen LogP contribution is -2.33. The van der Waals surface area contributed by atoms with Crippen molar-refractivity contribution in [3.05, 3.63) is 27.7 Å². The molecule has 1 unspecified atom stereocenters. The minimum absolute atomic E-state index is 0.00846. The first-order chi connectivity index (χ1) is 7.82. The molecular formula is C10H10Cl2N2O3. The average molecular weight is 277 g/mol. The Balaban J connectivity index is 3.22. The summed E-state index contributed by atoms with van der Waals surface area (Å²) in [4.78, 5) is 22.4. The van der Waals surface area contributed by atoms with Gasteiger partial charge in [0, 0.05) is 5.02 Å². The number of halogens is 2. The number of hydrogen-bond acceptors (Lipinski definition) is 3. The number of carboxylic acid groups (broad SMARTS) is 1. The zero-order valence-electron chi connectivity index (χ0n) is 8.83. The summed E-state index contributed by atoms with van der Waals surface area (Å²) in [6.45, 7) is 1.47. The zero-order valence-corrected chi connectivity index (χ0v) is 10.3. The average Bonchev–Trinajstić information content (AvgIpc) is 2.20. The number of amides is 1. The van der Waals surface area contributed by atoms with E-state index in [1.165, 1.54) is 19.1 Å². The molecule has 1 rings (SSSR count). The SMILES string of the molecule is CC(N)C(=O)Nc1c(Cl)cc(Cl)cc1C(=O)O.